The van der Waals surface area contributed by atoms with Crippen LogP contribution in [0.25, 0.3) is 0 Å². The molecule has 5 nitrogen and oxygen atoms in total. The van der Waals surface area contributed by atoms with Crippen LogP contribution in [-0.4, -0.2) is 21.2 Å². The lowest BCUT2D eigenvalue weighted by atomic mass is 10.1. The molecule has 0 aromatic heterocycles. The third-order valence-corrected chi connectivity index (χ3v) is 3.14. The number of aryl methyl sites for hydroxylation is 2. The fraction of sp³-hybridized carbons (Fsp3) is 0.188. The highest BCUT2D eigenvalue weighted by Gasteiger charge is 2.12. The number of hydrogen-bond donors (Lipinski definition) is 4. The van der Waals surface area contributed by atoms with Gasteiger partial charge >= 0.3 is 0 Å². The van der Waals surface area contributed by atoms with Crippen LogP contribution in [-0.2, 0) is 11.2 Å². The summed E-state index contributed by atoms with van der Waals surface area (Å²) in [5.74, 6) is -1.53. The van der Waals surface area contributed by atoms with Crippen LogP contribution < -0.4 is 5.32 Å². The zero-order chi connectivity index (χ0) is 15.4. The molecule has 0 unspecified atom stereocenters. The molecule has 5 heteroatoms. The summed E-state index contributed by atoms with van der Waals surface area (Å²) in [6.07, 6.45) is 0.420. The number of rotatable bonds is 4. The zero-order valence-electron chi connectivity index (χ0n) is 11.6. The molecule has 21 heavy (non-hydrogen) atoms. The second kappa shape index (κ2) is 6.17. The first-order chi connectivity index (χ1) is 9.97. The van der Waals surface area contributed by atoms with Gasteiger partial charge in [0.1, 0.15) is 0 Å². The van der Waals surface area contributed by atoms with Crippen molar-refractivity contribution in [3.8, 4) is 17.2 Å². The summed E-state index contributed by atoms with van der Waals surface area (Å²) in [6.45, 7) is 1.94. The van der Waals surface area contributed by atoms with E-state index >= 15 is 0 Å². The van der Waals surface area contributed by atoms with E-state index in [0.29, 0.717) is 5.56 Å². The molecular weight excluding hydrogens is 270 g/mol. The van der Waals surface area contributed by atoms with Gasteiger partial charge in [-0.3, -0.25) is 4.79 Å². The Balaban J connectivity index is 1.97. The minimum absolute atomic E-state index is 0.158. The van der Waals surface area contributed by atoms with Crippen molar-refractivity contribution >= 4 is 11.6 Å². The number of phenolic OH excluding ortho intramolecular Hbond substituents is 3. The first-order valence-electron chi connectivity index (χ1n) is 6.56. The average molecular weight is 287 g/mol. The van der Waals surface area contributed by atoms with Crippen LogP contribution in [0.2, 0.25) is 0 Å². The van der Waals surface area contributed by atoms with Crippen molar-refractivity contribution in [1.29, 1.82) is 0 Å². The van der Waals surface area contributed by atoms with Crippen LogP contribution >= 0.6 is 0 Å². The maximum atomic E-state index is 11.9. The number of benzene rings is 2. The Morgan fingerprint density at radius 2 is 1.86 bits per heavy atom. The van der Waals surface area contributed by atoms with Crippen LogP contribution in [0.15, 0.2) is 36.4 Å². The van der Waals surface area contributed by atoms with Gasteiger partial charge in [-0.05, 0) is 42.7 Å². The van der Waals surface area contributed by atoms with Gasteiger partial charge in [-0.25, -0.2) is 0 Å². The second-order valence-corrected chi connectivity index (χ2v) is 4.86. The average Bonchev–Trinajstić information content (AvgIpc) is 2.44. The quantitative estimate of drug-likeness (QED) is 0.651. The molecule has 0 aliphatic heterocycles. The highest BCUT2D eigenvalue weighted by atomic mass is 16.3. The molecule has 0 bridgehead atoms. The number of amides is 1. The molecule has 0 heterocycles. The number of hydrogen-bond acceptors (Lipinski definition) is 4. The second-order valence-electron chi connectivity index (χ2n) is 4.86. The molecule has 2 aromatic rings. The van der Waals surface area contributed by atoms with E-state index in [1.165, 1.54) is 12.1 Å². The minimum Gasteiger partial charge on any atom is -0.504 e. The molecule has 0 aliphatic rings. The van der Waals surface area contributed by atoms with Gasteiger partial charge in [0.15, 0.2) is 11.5 Å². The van der Waals surface area contributed by atoms with E-state index in [1.54, 1.807) is 6.07 Å². The smallest absolute Gasteiger partial charge is 0.224 e. The Kier molecular flexibility index (Phi) is 4.33. The summed E-state index contributed by atoms with van der Waals surface area (Å²) in [6, 6.07) is 10.2. The van der Waals surface area contributed by atoms with Crippen LogP contribution in [0, 0.1) is 6.92 Å². The Labute approximate surface area is 122 Å². The highest BCUT2D eigenvalue weighted by Crippen LogP contribution is 2.37. The summed E-state index contributed by atoms with van der Waals surface area (Å²) in [5.41, 5.74) is 2.18. The molecule has 0 saturated carbocycles. The Morgan fingerprint density at radius 3 is 2.57 bits per heavy atom. The Morgan fingerprint density at radius 1 is 1.10 bits per heavy atom. The van der Waals surface area contributed by atoms with E-state index in [-0.39, 0.29) is 24.5 Å². The molecule has 0 spiro atoms. The fourth-order valence-corrected chi connectivity index (χ4v) is 2.01. The van der Waals surface area contributed by atoms with Gasteiger partial charge in [-0.15, -0.1) is 0 Å². The van der Waals surface area contributed by atoms with Crippen LogP contribution in [0.4, 0.5) is 5.69 Å². The molecular formula is C16H17NO4. The fourth-order valence-electron chi connectivity index (χ4n) is 2.01. The standard InChI is InChI=1S/C16H17NO4/c1-10-3-2-4-12(9-10)17-14(19)8-6-11-5-7-13(18)16(21)15(11)20/h2-5,7,9,18,20-21H,6,8H2,1H3,(H,17,19). The van der Waals surface area contributed by atoms with E-state index in [4.69, 9.17) is 0 Å². The van der Waals surface area contributed by atoms with Crippen LogP contribution in [0.1, 0.15) is 17.5 Å². The molecule has 2 rings (SSSR count). The van der Waals surface area contributed by atoms with Crippen molar-refractivity contribution in [1.82, 2.24) is 0 Å². The molecule has 2 aromatic carbocycles. The third kappa shape index (κ3) is 3.66. The summed E-state index contributed by atoms with van der Waals surface area (Å²) < 4.78 is 0. The number of carbonyl (C=O) groups is 1. The number of anilines is 1. The maximum absolute atomic E-state index is 11.9. The van der Waals surface area contributed by atoms with E-state index in [1.807, 2.05) is 25.1 Å². The van der Waals surface area contributed by atoms with Crippen molar-refractivity contribution in [2.45, 2.75) is 19.8 Å². The highest BCUT2D eigenvalue weighted by molar-refractivity contribution is 5.90. The van der Waals surface area contributed by atoms with Crippen molar-refractivity contribution in [2.24, 2.45) is 0 Å². The molecule has 0 atom stereocenters. The van der Waals surface area contributed by atoms with Crippen molar-refractivity contribution < 1.29 is 20.1 Å². The van der Waals surface area contributed by atoms with Gasteiger partial charge in [0, 0.05) is 12.1 Å². The largest absolute Gasteiger partial charge is 0.504 e. The topological polar surface area (TPSA) is 89.8 Å². The summed E-state index contributed by atoms with van der Waals surface area (Å²) in [7, 11) is 0. The lowest BCUT2D eigenvalue weighted by Gasteiger charge is -2.08. The normalized spacial score (nSPS) is 10.3. The number of phenols is 3. The van der Waals surface area contributed by atoms with E-state index in [0.717, 1.165) is 11.3 Å². The predicted molar refractivity (Wildman–Crippen MR) is 79.6 cm³/mol. The molecule has 1 amide bonds. The molecule has 0 radical (unpaired) electrons. The van der Waals surface area contributed by atoms with Crippen LogP contribution in [0.3, 0.4) is 0 Å². The van der Waals surface area contributed by atoms with Crippen molar-refractivity contribution in [3.05, 3.63) is 47.5 Å². The Hall–Kier alpha value is -2.69. The molecule has 110 valence electrons. The first-order valence-corrected chi connectivity index (χ1v) is 6.56. The van der Waals surface area contributed by atoms with Gasteiger partial charge in [0.25, 0.3) is 0 Å². The summed E-state index contributed by atoms with van der Waals surface area (Å²) in [5, 5.41) is 31.1. The van der Waals surface area contributed by atoms with Gasteiger partial charge in [0.05, 0.1) is 0 Å². The summed E-state index contributed by atoms with van der Waals surface area (Å²) in [4.78, 5) is 11.9. The first kappa shape index (κ1) is 14.7. The SMILES string of the molecule is Cc1cccc(NC(=O)CCc2ccc(O)c(O)c2O)c1. The Bertz CT molecular complexity index is 667. The molecule has 0 saturated heterocycles. The van der Waals surface area contributed by atoms with Gasteiger partial charge in [-0.1, -0.05) is 18.2 Å². The van der Waals surface area contributed by atoms with E-state index in [2.05, 4.69) is 5.32 Å². The van der Waals surface area contributed by atoms with E-state index < -0.39 is 11.5 Å². The summed E-state index contributed by atoms with van der Waals surface area (Å²) >= 11 is 0. The maximum Gasteiger partial charge on any atom is 0.224 e. The zero-order valence-corrected chi connectivity index (χ0v) is 11.6. The molecule has 0 fully saturated rings. The van der Waals surface area contributed by atoms with E-state index in [9.17, 15) is 20.1 Å². The van der Waals surface area contributed by atoms with Gasteiger partial charge in [-0.2, -0.15) is 0 Å². The number of carbonyl (C=O) groups excluding carboxylic acids is 1. The van der Waals surface area contributed by atoms with Crippen molar-refractivity contribution in [3.63, 3.8) is 0 Å². The number of nitrogens with one attached hydrogen (secondary N) is 1. The van der Waals surface area contributed by atoms with Crippen LogP contribution in [0.5, 0.6) is 17.2 Å². The lowest BCUT2D eigenvalue weighted by molar-refractivity contribution is -0.116. The van der Waals surface area contributed by atoms with Gasteiger partial charge in [0.2, 0.25) is 11.7 Å². The van der Waals surface area contributed by atoms with Crippen molar-refractivity contribution in [2.75, 3.05) is 5.32 Å². The lowest BCUT2D eigenvalue weighted by Crippen LogP contribution is -2.12. The number of aromatic hydroxyl groups is 3. The minimum atomic E-state index is -0.563. The predicted octanol–water partition coefficient (Wildman–Crippen LogP) is 2.68. The third-order valence-electron chi connectivity index (χ3n) is 3.14. The monoisotopic (exact) mass is 287 g/mol. The van der Waals surface area contributed by atoms with Gasteiger partial charge < -0.3 is 20.6 Å². The molecule has 4 N–H and O–H groups in total. The molecule has 0 aliphatic carbocycles.